The van der Waals surface area contributed by atoms with Crippen LogP contribution >= 0.6 is 11.3 Å². The van der Waals surface area contributed by atoms with Gasteiger partial charge in [-0.15, -0.1) is 11.3 Å². The lowest BCUT2D eigenvalue weighted by Crippen LogP contribution is -2.39. The molecular formula is C23H31N5O3S. The van der Waals surface area contributed by atoms with Gasteiger partial charge >= 0.3 is 0 Å². The Morgan fingerprint density at radius 2 is 2.06 bits per heavy atom. The molecule has 32 heavy (non-hydrogen) atoms. The van der Waals surface area contributed by atoms with Gasteiger partial charge < -0.3 is 24.4 Å². The maximum atomic E-state index is 6.22. The highest BCUT2D eigenvalue weighted by atomic mass is 32.1. The molecule has 0 atom stereocenters. The highest BCUT2D eigenvalue weighted by Gasteiger charge is 2.33. The van der Waals surface area contributed by atoms with Crippen molar-refractivity contribution < 1.29 is 14.2 Å². The molecule has 2 aliphatic rings. The van der Waals surface area contributed by atoms with E-state index in [-0.39, 0.29) is 5.60 Å². The van der Waals surface area contributed by atoms with Crippen LogP contribution in [0.1, 0.15) is 38.3 Å². The average Bonchev–Trinajstić information content (AvgIpc) is 3.18. The Kier molecular flexibility index (Phi) is 6.16. The third-order valence-electron chi connectivity index (χ3n) is 6.08. The molecule has 0 saturated carbocycles. The number of thiophene rings is 1. The summed E-state index contributed by atoms with van der Waals surface area (Å²) in [4.78, 5) is 17.8. The van der Waals surface area contributed by atoms with Crippen molar-refractivity contribution in [3.63, 3.8) is 0 Å². The lowest BCUT2D eigenvalue weighted by atomic mass is 9.90. The molecule has 1 saturated heterocycles. The highest BCUT2D eigenvalue weighted by molar-refractivity contribution is 7.26. The summed E-state index contributed by atoms with van der Waals surface area (Å²) in [6.07, 6.45) is 3.43. The number of hydrogen-bond acceptors (Lipinski definition) is 9. The van der Waals surface area contributed by atoms with Gasteiger partial charge in [-0.2, -0.15) is 0 Å². The van der Waals surface area contributed by atoms with Gasteiger partial charge in [0.15, 0.2) is 0 Å². The summed E-state index contributed by atoms with van der Waals surface area (Å²) in [5.41, 5.74) is 3.29. The summed E-state index contributed by atoms with van der Waals surface area (Å²) >= 11 is 1.68. The van der Waals surface area contributed by atoms with E-state index in [2.05, 4.69) is 29.0 Å². The average molecular weight is 458 g/mol. The molecular weight excluding hydrogens is 426 g/mol. The van der Waals surface area contributed by atoms with Crippen molar-refractivity contribution in [1.29, 1.82) is 0 Å². The summed E-state index contributed by atoms with van der Waals surface area (Å²) in [5.74, 6) is 1.92. The second-order valence-electron chi connectivity index (χ2n) is 8.88. The second kappa shape index (κ2) is 9.05. The molecule has 9 heteroatoms. The van der Waals surface area contributed by atoms with E-state index in [9.17, 15) is 0 Å². The third kappa shape index (κ3) is 4.14. The van der Waals surface area contributed by atoms with Crippen molar-refractivity contribution in [1.82, 2.24) is 15.0 Å². The highest BCUT2D eigenvalue weighted by Crippen LogP contribution is 2.44. The van der Waals surface area contributed by atoms with Crippen LogP contribution in [0, 0.1) is 0 Å². The molecule has 0 aliphatic carbocycles. The SMILES string of the molecule is CCOCCCNc1ncnc2c1sc1nc(N3CCOCC3)c3c(c12)CC(C)(C)OC3. The summed E-state index contributed by atoms with van der Waals surface area (Å²) in [6, 6.07) is 0. The van der Waals surface area contributed by atoms with Crippen molar-refractivity contribution in [3.8, 4) is 0 Å². The van der Waals surface area contributed by atoms with E-state index in [1.54, 1.807) is 17.7 Å². The number of pyridine rings is 1. The number of aromatic nitrogens is 3. The number of hydrogen-bond donors (Lipinski definition) is 1. The number of anilines is 2. The first-order valence-corrected chi connectivity index (χ1v) is 12.3. The van der Waals surface area contributed by atoms with Crippen molar-refractivity contribution in [2.24, 2.45) is 0 Å². The fraction of sp³-hybridized carbons (Fsp3) is 0.609. The topological polar surface area (TPSA) is 81.6 Å². The van der Waals surface area contributed by atoms with E-state index >= 15 is 0 Å². The van der Waals surface area contributed by atoms with E-state index in [1.807, 2.05) is 6.92 Å². The Balaban J connectivity index is 1.60. The lowest BCUT2D eigenvalue weighted by molar-refractivity contribution is -0.0396. The monoisotopic (exact) mass is 457 g/mol. The van der Waals surface area contributed by atoms with Crippen LogP contribution in [0.2, 0.25) is 0 Å². The third-order valence-corrected chi connectivity index (χ3v) is 7.16. The minimum absolute atomic E-state index is 0.217. The van der Waals surface area contributed by atoms with Crippen molar-refractivity contribution >= 4 is 43.4 Å². The van der Waals surface area contributed by atoms with Gasteiger partial charge in [0.2, 0.25) is 0 Å². The van der Waals surface area contributed by atoms with Gasteiger partial charge in [0, 0.05) is 50.2 Å². The van der Waals surface area contributed by atoms with Gasteiger partial charge in [-0.1, -0.05) is 0 Å². The van der Waals surface area contributed by atoms with E-state index in [0.717, 1.165) is 91.0 Å². The Morgan fingerprint density at radius 3 is 2.88 bits per heavy atom. The normalized spacial score (nSPS) is 18.3. The Hall–Kier alpha value is -2.07. The molecule has 1 N–H and O–H groups in total. The smallest absolute Gasteiger partial charge is 0.147 e. The first kappa shape index (κ1) is 21.8. The summed E-state index contributed by atoms with van der Waals surface area (Å²) in [7, 11) is 0. The van der Waals surface area contributed by atoms with Crippen LogP contribution in [0.4, 0.5) is 11.6 Å². The summed E-state index contributed by atoms with van der Waals surface area (Å²) in [5, 5.41) is 4.64. The number of nitrogens with one attached hydrogen (secondary N) is 1. The first-order chi connectivity index (χ1) is 15.6. The number of rotatable bonds is 7. The van der Waals surface area contributed by atoms with E-state index < -0.39 is 0 Å². The molecule has 0 amide bonds. The number of nitrogens with zero attached hydrogens (tertiary/aromatic N) is 4. The van der Waals surface area contributed by atoms with Gasteiger partial charge in [-0.05, 0) is 32.8 Å². The first-order valence-electron chi connectivity index (χ1n) is 11.4. The molecule has 0 aromatic carbocycles. The maximum Gasteiger partial charge on any atom is 0.147 e. The van der Waals surface area contributed by atoms with Crippen LogP contribution in [0.15, 0.2) is 6.33 Å². The molecule has 8 nitrogen and oxygen atoms in total. The van der Waals surface area contributed by atoms with Crippen LogP contribution in [0.5, 0.6) is 0 Å². The number of morpholine rings is 1. The van der Waals surface area contributed by atoms with E-state index in [4.69, 9.17) is 24.2 Å². The largest absolute Gasteiger partial charge is 0.382 e. The molecule has 0 spiro atoms. The maximum absolute atomic E-state index is 6.22. The van der Waals surface area contributed by atoms with Gasteiger partial charge in [0.05, 0.1) is 35.6 Å². The van der Waals surface area contributed by atoms with Crippen LogP contribution in [0.3, 0.4) is 0 Å². The van der Waals surface area contributed by atoms with Gasteiger partial charge in [0.1, 0.15) is 22.8 Å². The number of ether oxygens (including phenoxy) is 3. The molecule has 172 valence electrons. The minimum atomic E-state index is -0.217. The summed E-state index contributed by atoms with van der Waals surface area (Å²) in [6.45, 7) is 12.4. The Labute approximate surface area is 192 Å². The van der Waals surface area contributed by atoms with Crippen LogP contribution in [-0.4, -0.2) is 66.6 Å². The van der Waals surface area contributed by atoms with Gasteiger partial charge in [0.25, 0.3) is 0 Å². The van der Waals surface area contributed by atoms with Gasteiger partial charge in [-0.3, -0.25) is 0 Å². The second-order valence-corrected chi connectivity index (χ2v) is 9.88. The molecule has 0 radical (unpaired) electrons. The van der Waals surface area contributed by atoms with Crippen LogP contribution in [-0.2, 0) is 27.2 Å². The molecule has 1 fully saturated rings. The molecule has 0 unspecified atom stereocenters. The Morgan fingerprint density at radius 1 is 1.22 bits per heavy atom. The zero-order valence-electron chi connectivity index (χ0n) is 19.1. The molecule has 3 aromatic rings. The molecule has 0 bridgehead atoms. The predicted octanol–water partition coefficient (Wildman–Crippen LogP) is 3.77. The lowest BCUT2D eigenvalue weighted by Gasteiger charge is -2.36. The quantitative estimate of drug-likeness (QED) is 0.537. The van der Waals surface area contributed by atoms with Gasteiger partial charge in [-0.25, -0.2) is 15.0 Å². The van der Waals surface area contributed by atoms with Crippen molar-refractivity contribution in [3.05, 3.63) is 17.5 Å². The predicted molar refractivity (Wildman–Crippen MR) is 128 cm³/mol. The van der Waals surface area contributed by atoms with Crippen molar-refractivity contribution in [2.45, 2.75) is 45.8 Å². The molecule has 5 rings (SSSR count). The molecule has 2 aliphatic heterocycles. The van der Waals surface area contributed by atoms with Crippen molar-refractivity contribution in [2.75, 3.05) is 56.3 Å². The molecule has 5 heterocycles. The van der Waals surface area contributed by atoms with E-state index in [1.165, 1.54) is 11.1 Å². The minimum Gasteiger partial charge on any atom is -0.382 e. The fourth-order valence-corrected chi connectivity index (χ4v) is 5.60. The number of fused-ring (bicyclic) bond motifs is 5. The zero-order valence-corrected chi connectivity index (χ0v) is 19.9. The van der Waals surface area contributed by atoms with Crippen LogP contribution < -0.4 is 10.2 Å². The molecule has 3 aromatic heterocycles. The Bertz CT molecular complexity index is 1110. The fourth-order valence-electron chi connectivity index (χ4n) is 4.48. The van der Waals surface area contributed by atoms with Crippen LogP contribution in [0.25, 0.3) is 20.4 Å². The standard InChI is InChI=1S/C23H31N5O3S/c1-4-29-9-5-6-24-20-19-18(25-14-26-20)17-15-12-23(2,3)31-13-16(15)21(27-22(17)32-19)28-7-10-30-11-8-28/h14H,4-13H2,1-3H3,(H,24,25,26). The zero-order chi connectivity index (χ0) is 22.1. The van der Waals surface area contributed by atoms with E-state index in [0.29, 0.717) is 6.61 Å². The summed E-state index contributed by atoms with van der Waals surface area (Å²) < 4.78 is 18.3.